The number of hydrogen-bond acceptors (Lipinski definition) is 5. The van der Waals surface area contributed by atoms with Crippen LogP contribution in [0.2, 0.25) is 0 Å². The fourth-order valence-electron chi connectivity index (χ4n) is 5.99. The van der Waals surface area contributed by atoms with Gasteiger partial charge in [-0.3, -0.25) is 18.9 Å². The smallest absolute Gasteiger partial charge is 0.370 e. The van der Waals surface area contributed by atoms with Gasteiger partial charge >= 0.3 is 13.3 Å². The summed E-state index contributed by atoms with van der Waals surface area (Å²) in [5.41, 5.74) is -4.79. The molecule has 3 aromatic carbocycles. The third-order valence-electron chi connectivity index (χ3n) is 8.57. The molecule has 0 radical (unpaired) electrons. The molecular weight excluding hydrogens is 619 g/mol. The van der Waals surface area contributed by atoms with Gasteiger partial charge in [0, 0.05) is 24.2 Å². The molecule has 1 unspecified atom stereocenters. The molecule has 3 atom stereocenters. The Morgan fingerprint density at radius 3 is 2.33 bits per heavy atom. The summed E-state index contributed by atoms with van der Waals surface area (Å²) in [5.74, 6) is -1.08. The number of alkyl halides is 2. The van der Waals surface area contributed by atoms with Gasteiger partial charge in [-0.2, -0.15) is 8.78 Å². The van der Waals surface area contributed by atoms with Crippen LogP contribution in [-0.2, 0) is 24.6 Å². The lowest BCUT2D eigenvalue weighted by Gasteiger charge is -2.38. The maximum Gasteiger partial charge on any atom is 0.399 e. The molecule has 13 heteroatoms. The number of hydrogen-bond donors (Lipinski definition) is 3. The predicted octanol–water partition coefficient (Wildman–Crippen LogP) is 4.80. The zero-order valence-corrected chi connectivity index (χ0v) is 26.8. The van der Waals surface area contributed by atoms with Gasteiger partial charge in [-0.1, -0.05) is 69.3 Å². The van der Waals surface area contributed by atoms with Crippen molar-refractivity contribution in [2.24, 2.45) is 5.41 Å². The first-order chi connectivity index (χ1) is 21.6. The first-order valence-electron chi connectivity index (χ1n) is 15.1. The van der Waals surface area contributed by atoms with Gasteiger partial charge in [0.25, 0.3) is 5.91 Å². The van der Waals surface area contributed by atoms with Crippen LogP contribution < -0.4 is 5.32 Å². The minimum Gasteiger partial charge on any atom is -0.370 e. The predicted molar refractivity (Wildman–Crippen MR) is 167 cm³/mol. The highest BCUT2D eigenvalue weighted by Gasteiger charge is 2.50. The van der Waals surface area contributed by atoms with Gasteiger partial charge in [0.2, 0.25) is 11.8 Å². The minimum atomic E-state index is -5.74. The number of carbonyl (C=O) groups excluding carboxylic acids is 3. The molecule has 2 aliphatic rings. The zero-order valence-electron chi connectivity index (χ0n) is 25.9. The molecule has 0 saturated carbocycles. The van der Waals surface area contributed by atoms with Crippen LogP contribution >= 0.6 is 7.60 Å². The Hall–Kier alpha value is -3.70. The van der Waals surface area contributed by atoms with E-state index >= 15 is 0 Å². The van der Waals surface area contributed by atoms with Crippen LogP contribution in [0.3, 0.4) is 0 Å². The van der Waals surface area contributed by atoms with E-state index in [0.717, 1.165) is 17.7 Å². The maximum absolute atomic E-state index is 14.2. The van der Waals surface area contributed by atoms with E-state index in [1.54, 1.807) is 9.80 Å². The van der Waals surface area contributed by atoms with Crippen molar-refractivity contribution < 1.29 is 42.3 Å². The standard InChI is InChI=1S/C33H38F2N3O7P/c1-32(2,3)28(36-29(39)24-12-11-23-19-25(14-13-22(23)18-24)33(34,35)46(42,43)44)31(41)38-15-7-10-26(38)30(40)37-16-17-45-27(20-37)21-8-5-4-6-9-21/h4-6,8-9,11-14,18-19,26-28H,7,10,15-17,20H2,1-3H3,(H,36,39)(H2,42,43,44)/t26-,27-,28?/m0/s1. The summed E-state index contributed by atoms with van der Waals surface area (Å²) >= 11 is 0. The second-order valence-electron chi connectivity index (χ2n) is 12.9. The largest absolute Gasteiger partial charge is 0.399 e. The first kappa shape index (κ1) is 33.7. The Kier molecular flexibility index (Phi) is 9.39. The van der Waals surface area contributed by atoms with Gasteiger partial charge in [-0.15, -0.1) is 0 Å². The molecule has 3 amide bonds. The van der Waals surface area contributed by atoms with Crippen molar-refractivity contribution >= 4 is 36.1 Å². The number of nitrogens with zero attached hydrogens (tertiary/aromatic N) is 2. The van der Waals surface area contributed by atoms with Crippen molar-refractivity contribution in [3.05, 3.63) is 83.4 Å². The van der Waals surface area contributed by atoms with Crippen molar-refractivity contribution in [1.29, 1.82) is 0 Å². The zero-order chi connectivity index (χ0) is 33.4. The van der Waals surface area contributed by atoms with Crippen LogP contribution in [0, 0.1) is 5.41 Å². The van der Waals surface area contributed by atoms with Crippen LogP contribution in [0.1, 0.15) is 61.2 Å². The summed E-state index contributed by atoms with van der Waals surface area (Å²) in [6, 6.07) is 15.4. The molecule has 0 bridgehead atoms. The minimum absolute atomic E-state index is 0.146. The van der Waals surface area contributed by atoms with Gasteiger partial charge in [-0.05, 0) is 52.8 Å². The van der Waals surface area contributed by atoms with Gasteiger partial charge in [0.15, 0.2) is 0 Å². The van der Waals surface area contributed by atoms with Crippen LogP contribution in [0.4, 0.5) is 8.78 Å². The van der Waals surface area contributed by atoms with Gasteiger partial charge in [0.05, 0.1) is 13.2 Å². The summed E-state index contributed by atoms with van der Waals surface area (Å²) in [4.78, 5) is 62.8. The van der Waals surface area contributed by atoms with E-state index in [4.69, 9.17) is 14.5 Å². The van der Waals surface area contributed by atoms with Crippen LogP contribution in [0.15, 0.2) is 66.7 Å². The molecule has 46 heavy (non-hydrogen) atoms. The lowest BCUT2D eigenvalue weighted by molar-refractivity contribution is -0.150. The Bertz CT molecular complexity index is 1670. The highest BCUT2D eigenvalue weighted by molar-refractivity contribution is 7.52. The fraction of sp³-hybridized carbons (Fsp3) is 0.424. The normalized spacial score (nSPS) is 20.1. The molecular formula is C33H38F2N3O7P. The van der Waals surface area contributed by atoms with Gasteiger partial charge in [0.1, 0.15) is 18.2 Å². The van der Waals surface area contributed by atoms with Crippen molar-refractivity contribution in [3.63, 3.8) is 0 Å². The molecule has 0 aromatic heterocycles. The lowest BCUT2D eigenvalue weighted by Crippen LogP contribution is -2.58. The Morgan fingerprint density at radius 2 is 1.65 bits per heavy atom. The highest BCUT2D eigenvalue weighted by atomic mass is 31.2. The number of ether oxygens (including phenoxy) is 1. The van der Waals surface area contributed by atoms with E-state index in [1.165, 1.54) is 24.3 Å². The van der Waals surface area contributed by atoms with Gasteiger partial charge < -0.3 is 29.6 Å². The molecule has 246 valence electrons. The van der Waals surface area contributed by atoms with Gasteiger partial charge in [-0.25, -0.2) is 0 Å². The van der Waals surface area contributed by atoms with E-state index in [-0.39, 0.29) is 28.9 Å². The van der Waals surface area contributed by atoms with Crippen LogP contribution in [-0.4, -0.2) is 75.6 Å². The van der Waals surface area contributed by atoms with E-state index in [9.17, 15) is 27.7 Å². The average molecular weight is 658 g/mol. The topological polar surface area (TPSA) is 136 Å². The molecule has 0 aliphatic carbocycles. The number of halogens is 2. The third-order valence-corrected chi connectivity index (χ3v) is 9.56. The highest BCUT2D eigenvalue weighted by Crippen LogP contribution is 2.59. The van der Waals surface area contributed by atoms with Crippen molar-refractivity contribution in [2.75, 3.05) is 26.2 Å². The number of carbonyl (C=O) groups is 3. The lowest BCUT2D eigenvalue weighted by atomic mass is 9.85. The summed E-state index contributed by atoms with van der Waals surface area (Å²) < 4.78 is 45.7. The molecule has 0 spiro atoms. The molecule has 2 aliphatic heterocycles. The average Bonchev–Trinajstić information content (AvgIpc) is 3.52. The second-order valence-corrected chi connectivity index (χ2v) is 14.5. The molecule has 10 nitrogen and oxygen atoms in total. The Morgan fingerprint density at radius 1 is 0.978 bits per heavy atom. The fourth-order valence-corrected chi connectivity index (χ4v) is 6.46. The molecule has 2 heterocycles. The van der Waals surface area contributed by atoms with E-state index in [0.29, 0.717) is 44.5 Å². The van der Waals surface area contributed by atoms with Crippen molar-refractivity contribution in [2.45, 2.75) is 57.5 Å². The summed E-state index contributed by atoms with van der Waals surface area (Å²) in [5, 5.41) is 3.48. The maximum atomic E-state index is 14.2. The van der Waals surface area contributed by atoms with Crippen molar-refractivity contribution in [3.8, 4) is 0 Å². The van der Waals surface area contributed by atoms with E-state index in [1.807, 2.05) is 51.1 Å². The van der Waals surface area contributed by atoms with E-state index < -0.39 is 42.2 Å². The summed E-state index contributed by atoms with van der Waals surface area (Å²) in [6.07, 6.45) is 0.894. The molecule has 2 fully saturated rings. The summed E-state index contributed by atoms with van der Waals surface area (Å²) in [6.45, 7) is 7.00. The quantitative estimate of drug-likeness (QED) is 0.311. The number of fused-ring (bicyclic) bond motifs is 1. The summed E-state index contributed by atoms with van der Waals surface area (Å²) in [7, 11) is -5.74. The second kappa shape index (κ2) is 12.8. The first-order valence-corrected chi connectivity index (χ1v) is 16.7. The SMILES string of the molecule is CC(C)(C)C(NC(=O)c1ccc2cc(C(F)(F)P(=O)(O)O)ccc2c1)C(=O)N1CCC[C@H]1C(=O)N1CCO[C@H](c2ccccc2)C1. The number of likely N-dealkylation sites (tertiary alicyclic amines) is 1. The molecule has 5 rings (SSSR count). The molecule has 2 saturated heterocycles. The van der Waals surface area contributed by atoms with Crippen LogP contribution in [0.25, 0.3) is 10.8 Å². The van der Waals surface area contributed by atoms with E-state index in [2.05, 4.69) is 5.32 Å². The Labute approximate surface area is 265 Å². The number of benzene rings is 3. The number of nitrogens with one attached hydrogen (secondary N) is 1. The number of morpholine rings is 1. The third kappa shape index (κ3) is 6.85. The monoisotopic (exact) mass is 657 g/mol. The molecule has 3 aromatic rings. The number of rotatable bonds is 7. The molecule has 3 N–H and O–H groups in total. The number of amides is 3. The Balaban J connectivity index is 1.32. The van der Waals surface area contributed by atoms with Crippen molar-refractivity contribution in [1.82, 2.24) is 15.1 Å². The van der Waals surface area contributed by atoms with Crippen LogP contribution in [0.5, 0.6) is 0 Å².